The molecule has 1 aromatic heterocycles. The second kappa shape index (κ2) is 15.6. The molecule has 0 radical (unpaired) electrons. The van der Waals surface area contributed by atoms with Crippen molar-refractivity contribution in [3.05, 3.63) is 77.0 Å². The van der Waals surface area contributed by atoms with Gasteiger partial charge in [-0.1, -0.05) is 65.2 Å². The number of benzene rings is 2. The van der Waals surface area contributed by atoms with E-state index >= 15 is 0 Å². The normalized spacial score (nSPS) is 9.20. The third kappa shape index (κ3) is 10.9. The molecule has 164 valence electrons. The van der Waals surface area contributed by atoms with E-state index in [-0.39, 0.29) is 0 Å². The number of alkyl halides is 3. The topological polar surface area (TPSA) is 88.8 Å². The molecule has 5 nitrogen and oxygen atoms in total. The zero-order chi connectivity index (χ0) is 23.7. The molecule has 0 amide bonds. The molecule has 0 atom stereocenters. The fourth-order valence-electron chi connectivity index (χ4n) is 1.98. The molecular weight excluding hydrogens is 395 g/mol. The van der Waals surface area contributed by atoms with E-state index in [4.69, 9.17) is 9.59 Å². The van der Waals surface area contributed by atoms with E-state index in [1.165, 1.54) is 18.2 Å². The predicted molar refractivity (Wildman–Crippen MR) is 114 cm³/mol. The van der Waals surface area contributed by atoms with Crippen molar-refractivity contribution in [2.24, 2.45) is 5.73 Å². The lowest BCUT2D eigenvalue weighted by atomic mass is 10.1. The quantitative estimate of drug-likeness (QED) is 0.582. The number of aryl methyl sites for hydroxylation is 3. The first-order chi connectivity index (χ1) is 14.3. The van der Waals surface area contributed by atoms with Crippen LogP contribution in [0.1, 0.15) is 22.4 Å². The van der Waals surface area contributed by atoms with Crippen LogP contribution >= 0.6 is 0 Å². The molecule has 0 aliphatic carbocycles. The standard InChI is InChI=1S/C11H9F3N2.C8H10.CH5N.2CH2O/c1-7-2-4-8(5-3-7)9-6-10(16-15-9)11(12,13)14;1-7-3-5-8(2)6-4-7;3*1-2/h2-6H,1H3,(H,15,16);3-6H,1-2H3;2H2,1H3;2*1H2. The number of halogens is 3. The van der Waals surface area contributed by atoms with Gasteiger partial charge in [-0.2, -0.15) is 18.3 Å². The number of hydrogen-bond donors (Lipinski definition) is 2. The Morgan fingerprint density at radius 1 is 0.767 bits per heavy atom. The lowest BCUT2D eigenvalue weighted by Gasteiger charge is -2.00. The molecule has 30 heavy (non-hydrogen) atoms. The van der Waals surface area contributed by atoms with Crippen molar-refractivity contribution < 1.29 is 22.8 Å². The monoisotopic (exact) mass is 423 g/mol. The van der Waals surface area contributed by atoms with Crippen LogP contribution < -0.4 is 5.73 Å². The van der Waals surface area contributed by atoms with Gasteiger partial charge in [0, 0.05) is 5.56 Å². The molecule has 0 spiro atoms. The molecular formula is C22H28F3N3O2. The third-order valence-corrected chi connectivity index (χ3v) is 3.45. The molecule has 1 heterocycles. The minimum atomic E-state index is -4.38. The van der Waals surface area contributed by atoms with Gasteiger partial charge < -0.3 is 15.3 Å². The van der Waals surface area contributed by atoms with Crippen LogP contribution in [0.2, 0.25) is 0 Å². The van der Waals surface area contributed by atoms with Gasteiger partial charge >= 0.3 is 6.18 Å². The fourth-order valence-corrected chi connectivity index (χ4v) is 1.98. The van der Waals surface area contributed by atoms with Crippen molar-refractivity contribution in [1.29, 1.82) is 0 Å². The van der Waals surface area contributed by atoms with Gasteiger partial charge in [0.1, 0.15) is 19.3 Å². The average Bonchev–Trinajstić information content (AvgIpc) is 3.27. The molecule has 0 saturated heterocycles. The van der Waals surface area contributed by atoms with E-state index in [1.807, 2.05) is 37.7 Å². The molecule has 0 unspecified atom stereocenters. The van der Waals surface area contributed by atoms with Gasteiger partial charge in [-0.3, -0.25) is 5.10 Å². The van der Waals surface area contributed by atoms with Gasteiger partial charge in [0.2, 0.25) is 0 Å². The van der Waals surface area contributed by atoms with E-state index in [0.717, 1.165) is 11.6 Å². The maximum Gasteiger partial charge on any atom is 0.432 e. The largest absolute Gasteiger partial charge is 0.432 e. The van der Waals surface area contributed by atoms with Crippen LogP contribution in [0.4, 0.5) is 13.2 Å². The smallest absolute Gasteiger partial charge is 0.333 e. The molecule has 3 rings (SSSR count). The highest BCUT2D eigenvalue weighted by Crippen LogP contribution is 2.30. The molecule has 2 aromatic carbocycles. The summed E-state index contributed by atoms with van der Waals surface area (Å²) in [5.41, 5.74) is 8.34. The first-order valence-electron chi connectivity index (χ1n) is 8.64. The van der Waals surface area contributed by atoms with Gasteiger partial charge in [0.25, 0.3) is 0 Å². The lowest BCUT2D eigenvalue weighted by molar-refractivity contribution is -0.141. The van der Waals surface area contributed by atoms with Crippen molar-refractivity contribution in [2.45, 2.75) is 26.9 Å². The summed E-state index contributed by atoms with van der Waals surface area (Å²) in [5.74, 6) is 0. The van der Waals surface area contributed by atoms with E-state index in [1.54, 1.807) is 12.1 Å². The number of nitrogens with one attached hydrogen (secondary N) is 1. The summed E-state index contributed by atoms with van der Waals surface area (Å²) in [6.45, 7) is 10.1. The first kappa shape index (κ1) is 28.9. The minimum absolute atomic E-state index is 0.298. The van der Waals surface area contributed by atoms with Crippen LogP contribution in [0, 0.1) is 20.8 Å². The molecule has 3 aromatic rings. The van der Waals surface area contributed by atoms with Crippen molar-refractivity contribution in [2.75, 3.05) is 7.05 Å². The third-order valence-electron chi connectivity index (χ3n) is 3.45. The summed E-state index contributed by atoms with van der Waals surface area (Å²) >= 11 is 0. The molecule has 0 aliphatic heterocycles. The Kier molecular flexibility index (Phi) is 15.1. The maximum absolute atomic E-state index is 12.3. The highest BCUT2D eigenvalue weighted by molar-refractivity contribution is 5.59. The molecule has 0 bridgehead atoms. The number of rotatable bonds is 1. The van der Waals surface area contributed by atoms with Crippen LogP contribution in [0.5, 0.6) is 0 Å². The number of hydrogen-bond acceptors (Lipinski definition) is 4. The van der Waals surface area contributed by atoms with E-state index < -0.39 is 11.9 Å². The zero-order valence-electron chi connectivity index (χ0n) is 17.6. The highest BCUT2D eigenvalue weighted by atomic mass is 19.4. The Morgan fingerprint density at radius 2 is 1.10 bits per heavy atom. The molecule has 0 saturated carbocycles. The number of aromatic amines is 1. The molecule has 3 N–H and O–H groups in total. The van der Waals surface area contributed by atoms with Crippen LogP contribution in [0.3, 0.4) is 0 Å². The molecule has 0 aliphatic rings. The number of nitrogens with two attached hydrogens (primary N) is 1. The van der Waals surface area contributed by atoms with E-state index in [0.29, 0.717) is 11.3 Å². The first-order valence-corrected chi connectivity index (χ1v) is 8.64. The second-order valence-electron chi connectivity index (χ2n) is 5.69. The summed E-state index contributed by atoms with van der Waals surface area (Å²) in [6.07, 6.45) is -4.38. The Labute approximate surface area is 175 Å². The predicted octanol–water partition coefficient (Wildman–Crippen LogP) is 4.91. The van der Waals surface area contributed by atoms with Crippen LogP contribution in [-0.2, 0) is 15.8 Å². The summed E-state index contributed by atoms with van der Waals surface area (Å²) < 4.78 is 36.9. The minimum Gasteiger partial charge on any atom is -0.333 e. The Bertz CT molecular complexity index is 792. The summed E-state index contributed by atoms with van der Waals surface area (Å²) in [7, 11) is 1.50. The molecule has 0 fully saturated rings. The van der Waals surface area contributed by atoms with Crippen LogP contribution in [-0.4, -0.2) is 30.8 Å². The van der Waals surface area contributed by atoms with Gasteiger partial charge in [-0.25, -0.2) is 0 Å². The van der Waals surface area contributed by atoms with Gasteiger partial charge in [0.05, 0.1) is 5.69 Å². The second-order valence-corrected chi connectivity index (χ2v) is 5.69. The van der Waals surface area contributed by atoms with E-state index in [9.17, 15) is 13.2 Å². The SMILES string of the molecule is C=O.C=O.CN.Cc1ccc(-c2cc(C(F)(F)F)[nH]n2)cc1.Cc1ccc(C)cc1. The van der Waals surface area contributed by atoms with Gasteiger partial charge in [-0.15, -0.1) is 0 Å². The van der Waals surface area contributed by atoms with Crippen LogP contribution in [0.15, 0.2) is 54.6 Å². The Hall–Kier alpha value is -3.26. The van der Waals surface area contributed by atoms with Crippen molar-refractivity contribution in [3.8, 4) is 11.3 Å². The van der Waals surface area contributed by atoms with Crippen LogP contribution in [0.25, 0.3) is 11.3 Å². The molecule has 8 heteroatoms. The summed E-state index contributed by atoms with van der Waals surface area (Å²) in [6, 6.07) is 16.6. The Balaban J connectivity index is 0. The number of carbonyl (C=O) groups excluding carboxylic acids is 2. The van der Waals surface area contributed by atoms with Crippen molar-refractivity contribution in [1.82, 2.24) is 10.2 Å². The van der Waals surface area contributed by atoms with Crippen molar-refractivity contribution >= 4 is 13.6 Å². The fraction of sp³-hybridized carbons (Fsp3) is 0.227. The van der Waals surface area contributed by atoms with E-state index in [2.05, 4.69) is 48.9 Å². The number of carbonyl (C=O) groups is 2. The lowest BCUT2D eigenvalue weighted by Crippen LogP contribution is -2.04. The van der Waals surface area contributed by atoms with Crippen molar-refractivity contribution in [3.63, 3.8) is 0 Å². The number of nitrogens with zero attached hydrogens (tertiary/aromatic N) is 1. The maximum atomic E-state index is 12.3. The summed E-state index contributed by atoms with van der Waals surface area (Å²) in [5, 5.41) is 5.62. The zero-order valence-corrected chi connectivity index (χ0v) is 17.6. The van der Waals surface area contributed by atoms with Gasteiger partial charge in [-0.05, 0) is 33.9 Å². The Morgan fingerprint density at radius 3 is 1.40 bits per heavy atom. The summed E-state index contributed by atoms with van der Waals surface area (Å²) in [4.78, 5) is 16.0. The number of aromatic nitrogens is 2. The average molecular weight is 423 g/mol. The van der Waals surface area contributed by atoms with Gasteiger partial charge in [0.15, 0.2) is 0 Å². The highest BCUT2D eigenvalue weighted by Gasteiger charge is 2.33. The number of H-pyrrole nitrogens is 1.